The van der Waals surface area contributed by atoms with Gasteiger partial charge in [0.2, 0.25) is 21.8 Å². The van der Waals surface area contributed by atoms with Gasteiger partial charge in [-0.25, -0.2) is 16.8 Å². The van der Waals surface area contributed by atoms with E-state index in [1.807, 2.05) is 0 Å². The van der Waals surface area contributed by atoms with Crippen LogP contribution in [0, 0.1) is 0 Å². The molecule has 4 rings (SSSR count). The van der Waals surface area contributed by atoms with Crippen molar-refractivity contribution < 1.29 is 154 Å². The number of carbonyl (C=O) groups is 2. The van der Waals surface area contributed by atoms with E-state index in [0.29, 0.717) is 24.1 Å². The van der Waals surface area contributed by atoms with Crippen molar-refractivity contribution >= 4 is 88.4 Å². The molecule has 4 aromatic carbocycles. The molecule has 50 heavy (non-hydrogen) atoms. The first kappa shape index (κ1) is 47.7. The van der Waals surface area contributed by atoms with Gasteiger partial charge < -0.3 is 30.8 Å². The molecule has 0 spiro atoms. The van der Waals surface area contributed by atoms with Gasteiger partial charge in [-0.2, -0.15) is 13.4 Å². The molecule has 0 heterocycles. The van der Waals surface area contributed by atoms with Gasteiger partial charge in [0.15, 0.2) is 0 Å². The first-order valence-corrected chi connectivity index (χ1v) is 17.6. The van der Waals surface area contributed by atoms with Crippen molar-refractivity contribution in [1.29, 1.82) is 0 Å². The molecule has 2 amide bonds. The zero-order valence-electron chi connectivity index (χ0n) is 27.0. The average molecular weight is 800 g/mol. The van der Waals surface area contributed by atoms with Gasteiger partial charge in [-0.05, 0) is 36.2 Å². The third-order valence-corrected chi connectivity index (χ3v) is 10.4. The molecule has 254 valence electrons. The van der Waals surface area contributed by atoms with Crippen molar-refractivity contribution in [2.75, 3.05) is 18.8 Å². The van der Waals surface area contributed by atoms with Gasteiger partial charge in [-0.15, -0.1) is 0 Å². The van der Waals surface area contributed by atoms with Gasteiger partial charge in [0.1, 0.15) is 21.9 Å². The van der Waals surface area contributed by atoms with Crippen LogP contribution in [-0.2, 0) is 48.5 Å². The zero-order valence-corrected chi connectivity index (χ0v) is 36.2. The predicted octanol–water partition coefficient (Wildman–Crippen LogP) is -8.85. The van der Waals surface area contributed by atoms with E-state index < -0.39 is 53.4 Å². The summed E-state index contributed by atoms with van der Waals surface area (Å²) in [7, 11) is -9.83. The molecule has 0 fully saturated rings. The Morgan fingerprint density at radius 1 is 0.880 bits per heavy atom. The normalized spacial score (nSPS) is 12.2. The minimum Gasteiger partial charge on any atom is -0.744 e. The number of carbonyl (C=O) groups excluding carboxylic acids is 2. The number of sulfonamides is 1. The molecular weight excluding hydrogens is 776 g/mol. The van der Waals surface area contributed by atoms with Gasteiger partial charge in [-0.3, -0.25) is 19.7 Å². The van der Waals surface area contributed by atoms with Crippen LogP contribution in [0.1, 0.15) is 13.3 Å². The van der Waals surface area contributed by atoms with E-state index in [1.165, 1.54) is 31.2 Å². The fourth-order valence-corrected chi connectivity index (χ4v) is 8.03. The number of aromatic hydroxyl groups is 1. The van der Waals surface area contributed by atoms with Gasteiger partial charge in [0.05, 0.1) is 21.8 Å². The number of amides is 2. The molecule has 0 saturated heterocycles. The van der Waals surface area contributed by atoms with Crippen LogP contribution in [0.5, 0.6) is 5.75 Å². The minimum absolute atomic E-state index is 0. The Bertz CT molecular complexity index is 2060. The molecule has 0 aliphatic heterocycles. The molecule has 0 aliphatic rings. The van der Waals surface area contributed by atoms with Crippen molar-refractivity contribution in [1.82, 2.24) is 15.4 Å². The Labute approximate surface area is 360 Å². The summed E-state index contributed by atoms with van der Waals surface area (Å²) in [6.45, 7) is 5.22. The summed E-state index contributed by atoms with van der Waals surface area (Å²) >= 11 is 0.633. The van der Waals surface area contributed by atoms with Crippen LogP contribution < -0.4 is 115 Å². The van der Waals surface area contributed by atoms with Crippen LogP contribution in [0.3, 0.4) is 0 Å². The summed E-state index contributed by atoms with van der Waals surface area (Å²) in [6.07, 6.45) is 0.272. The first-order chi connectivity index (χ1) is 22.2. The van der Waals surface area contributed by atoms with E-state index >= 15 is 0 Å². The molecule has 24 heteroatoms. The van der Waals surface area contributed by atoms with E-state index in [1.54, 1.807) is 0 Å². The second kappa shape index (κ2) is 21.0. The largest absolute Gasteiger partial charge is 1.00 e. The van der Waals surface area contributed by atoms with Crippen molar-refractivity contribution in [2.45, 2.75) is 34.1 Å². The van der Waals surface area contributed by atoms with Crippen molar-refractivity contribution in [2.24, 2.45) is 0 Å². The number of benzene rings is 4. The Hall–Kier alpha value is -0.320. The van der Waals surface area contributed by atoms with Crippen LogP contribution in [0.2, 0.25) is 0 Å². The molecule has 17 nitrogen and oxygen atoms in total. The van der Waals surface area contributed by atoms with E-state index in [9.17, 15) is 46.6 Å². The van der Waals surface area contributed by atoms with Gasteiger partial charge in [-0.1, -0.05) is 24.8 Å². The van der Waals surface area contributed by atoms with Gasteiger partial charge in [0, 0.05) is 69.0 Å². The number of hydrogen-bond donors (Lipinski definition) is 4. The second-order valence-corrected chi connectivity index (χ2v) is 14.3. The maximum Gasteiger partial charge on any atom is 1.00 e. The molecule has 0 aliphatic carbocycles. The van der Waals surface area contributed by atoms with Crippen LogP contribution in [0.25, 0.3) is 32.3 Å². The van der Waals surface area contributed by atoms with E-state index in [4.69, 9.17) is 0 Å². The molecule has 4 N–H and O–H groups in total. The number of phenols is 1. The van der Waals surface area contributed by atoms with E-state index in [2.05, 4.69) is 40.7 Å². The molecule has 0 bridgehead atoms. The summed E-state index contributed by atoms with van der Waals surface area (Å²) in [5.74, 6) is -2.22. The topological polar surface area (TPSA) is 265 Å². The summed E-state index contributed by atoms with van der Waals surface area (Å²) in [4.78, 5) is 23.3. The van der Waals surface area contributed by atoms with Crippen LogP contribution in [0.4, 0.5) is 0 Å². The quantitative estimate of drug-likeness (QED) is 0.0113. The SMILES string of the molecule is C=C(C)C(=O)NCCCNC(=O)C(CSOO[O-])NS(=O)(=O)c1cc(O)c2ccc3c(S(=O)(=O)[O-])cc(SOO[O-])c4ccc1c2c43.[Na+].[Na+].[Na+]. The Kier molecular flexibility index (Phi) is 20.0. The monoisotopic (exact) mass is 799 g/mol. The Balaban J connectivity index is 0.00000417. The van der Waals surface area contributed by atoms with Gasteiger partial charge >= 0.3 is 88.7 Å². The second-order valence-electron chi connectivity index (χ2n) is 9.79. The first-order valence-electron chi connectivity index (χ1n) is 13.1. The molecule has 1 atom stereocenters. The summed E-state index contributed by atoms with van der Waals surface area (Å²) in [5, 5.41) is 43.7. The molecule has 0 saturated carbocycles. The molecule has 1 unspecified atom stereocenters. The smallest absolute Gasteiger partial charge is 0.744 e. The van der Waals surface area contributed by atoms with Gasteiger partial charge in [0.25, 0.3) is 0 Å². The molecule has 0 radical (unpaired) electrons. The average Bonchev–Trinajstić information content (AvgIpc) is 3.01. The number of rotatable bonds is 17. The molecular formula is C26H24N3Na3O14S4. The van der Waals surface area contributed by atoms with E-state index in [0.717, 1.165) is 12.1 Å². The third kappa shape index (κ3) is 11.3. The summed E-state index contributed by atoms with van der Waals surface area (Å²) in [5.41, 5.74) is 0.289. The summed E-state index contributed by atoms with van der Waals surface area (Å²) in [6, 6.07) is 5.61. The fourth-order valence-electron chi connectivity index (χ4n) is 4.73. The van der Waals surface area contributed by atoms with Crippen molar-refractivity contribution in [3.63, 3.8) is 0 Å². The predicted molar refractivity (Wildman–Crippen MR) is 162 cm³/mol. The standard InChI is InChI=1S/C26H27N3O14S4.3Na/c1-13(2)25(31)27-8-3-9-28-26(32)18(12-44-42-40-33)29-46(35,36)21-10-19(30)14-4-6-17-22(47(37,38)39)11-20(45-43-41-34)15-5-7-16(21)23(14)24(15)17;;;/h4-7,10-11,18,29-30,33-34H,1,3,8-9,12H2,2H3,(H,27,31)(H,28,32)(H,37,38,39);;;/q;3*+1/p-3. The molecule has 0 aromatic heterocycles. The van der Waals surface area contributed by atoms with Crippen molar-refractivity contribution in [3.05, 3.63) is 48.6 Å². The number of nitrogens with one attached hydrogen (secondary N) is 3. The molecule has 4 aromatic rings. The van der Waals surface area contributed by atoms with Crippen LogP contribution >= 0.6 is 24.1 Å². The maximum absolute atomic E-state index is 13.8. The summed E-state index contributed by atoms with van der Waals surface area (Å²) < 4.78 is 75.0. The Morgan fingerprint density at radius 2 is 1.44 bits per heavy atom. The third-order valence-electron chi connectivity index (χ3n) is 6.72. The van der Waals surface area contributed by atoms with Crippen LogP contribution in [-0.4, -0.2) is 63.2 Å². The van der Waals surface area contributed by atoms with Crippen LogP contribution in [0.15, 0.2) is 63.2 Å². The van der Waals surface area contributed by atoms with Crippen molar-refractivity contribution in [3.8, 4) is 5.75 Å². The zero-order chi connectivity index (χ0) is 34.5. The fraction of sp³-hybridized carbons (Fsp3) is 0.231. The number of hydrogen-bond acceptors (Lipinski definition) is 16. The van der Waals surface area contributed by atoms with E-state index in [-0.39, 0.29) is 157 Å². The minimum atomic E-state index is -5.13. The maximum atomic E-state index is 13.8. The number of phenolic OH excluding ortho intramolecular Hbond substituents is 1. The Morgan fingerprint density at radius 3 is 2.04 bits per heavy atom.